The van der Waals surface area contributed by atoms with Gasteiger partial charge in [-0.1, -0.05) is 0 Å². The van der Waals surface area contributed by atoms with Crippen LogP contribution < -0.4 is 9.47 Å². The summed E-state index contributed by atoms with van der Waals surface area (Å²) >= 11 is 1.63. The summed E-state index contributed by atoms with van der Waals surface area (Å²) in [5, 5.41) is 8.82. The smallest absolute Gasteiger partial charge is 0.335 e. The van der Waals surface area contributed by atoms with Crippen LogP contribution in [0.1, 0.15) is 10.4 Å². The van der Waals surface area contributed by atoms with Crippen molar-refractivity contribution in [3.05, 3.63) is 54.1 Å². The number of aromatic carboxylic acids is 1. The summed E-state index contributed by atoms with van der Waals surface area (Å²) in [4.78, 5) is 11.8. The number of hydrogen-bond acceptors (Lipinski definition) is 4. The molecule has 0 aliphatic carbocycles. The predicted molar refractivity (Wildman–Crippen MR) is 82.6 cm³/mol. The molecule has 2 aromatic carbocycles. The van der Waals surface area contributed by atoms with Gasteiger partial charge in [0, 0.05) is 10.6 Å². The van der Waals surface area contributed by atoms with Gasteiger partial charge in [-0.3, -0.25) is 0 Å². The number of ether oxygens (including phenoxy) is 2. The van der Waals surface area contributed by atoms with E-state index in [1.165, 1.54) is 0 Å². The zero-order valence-corrected chi connectivity index (χ0v) is 12.4. The Bertz CT molecular complexity index is 578. The van der Waals surface area contributed by atoms with Crippen LogP contribution >= 0.6 is 11.8 Å². The minimum atomic E-state index is -0.908. The van der Waals surface area contributed by atoms with E-state index in [0.29, 0.717) is 12.2 Å². The molecule has 1 N–H and O–H groups in total. The Labute approximate surface area is 127 Å². The van der Waals surface area contributed by atoms with Gasteiger partial charge in [0.15, 0.2) is 0 Å². The molecule has 0 unspecified atom stereocenters. The monoisotopic (exact) mass is 304 g/mol. The van der Waals surface area contributed by atoms with Crippen LogP contribution in [-0.4, -0.2) is 30.5 Å². The van der Waals surface area contributed by atoms with Crippen molar-refractivity contribution in [3.8, 4) is 11.5 Å². The number of carboxylic acids is 1. The highest BCUT2D eigenvalue weighted by Crippen LogP contribution is 2.20. The minimum absolute atomic E-state index is 0.300. The van der Waals surface area contributed by atoms with Crippen LogP contribution in [-0.2, 0) is 0 Å². The number of benzene rings is 2. The summed E-state index contributed by atoms with van der Waals surface area (Å²) in [7, 11) is 1.63. The van der Waals surface area contributed by atoms with E-state index in [1.807, 2.05) is 36.4 Å². The molecule has 5 heteroatoms. The highest BCUT2D eigenvalue weighted by Gasteiger charge is 2.02. The molecule has 0 saturated carbocycles. The molecule has 0 saturated heterocycles. The molecule has 110 valence electrons. The first-order valence-electron chi connectivity index (χ1n) is 6.42. The number of carbonyl (C=O) groups is 1. The molecular formula is C16H16O4S. The van der Waals surface area contributed by atoms with Gasteiger partial charge in [-0.25, -0.2) is 4.79 Å². The SMILES string of the molecule is COc1ccc(OCCSc2ccc(C(=O)O)cc2)cc1. The minimum Gasteiger partial charge on any atom is -0.497 e. The first-order valence-corrected chi connectivity index (χ1v) is 7.40. The molecule has 4 nitrogen and oxygen atoms in total. The van der Waals surface area contributed by atoms with Gasteiger partial charge in [-0.2, -0.15) is 0 Å². The van der Waals surface area contributed by atoms with Crippen LogP contribution in [0.2, 0.25) is 0 Å². The number of thioether (sulfide) groups is 1. The lowest BCUT2D eigenvalue weighted by Crippen LogP contribution is -2.00. The maximum Gasteiger partial charge on any atom is 0.335 e. The zero-order valence-electron chi connectivity index (χ0n) is 11.6. The summed E-state index contributed by atoms with van der Waals surface area (Å²) in [5.74, 6) is 1.49. The van der Waals surface area contributed by atoms with Gasteiger partial charge in [0.1, 0.15) is 11.5 Å². The molecule has 0 heterocycles. The maximum atomic E-state index is 10.7. The van der Waals surface area contributed by atoms with E-state index in [0.717, 1.165) is 22.1 Å². The Morgan fingerprint density at radius 1 is 1.05 bits per heavy atom. The van der Waals surface area contributed by atoms with Gasteiger partial charge in [0.25, 0.3) is 0 Å². The molecule has 0 aromatic heterocycles. The lowest BCUT2D eigenvalue weighted by atomic mass is 10.2. The average Bonchev–Trinajstić information content (AvgIpc) is 2.52. The van der Waals surface area contributed by atoms with E-state index < -0.39 is 5.97 Å². The number of rotatable bonds is 7. The van der Waals surface area contributed by atoms with Crippen molar-refractivity contribution >= 4 is 17.7 Å². The Morgan fingerprint density at radius 3 is 2.24 bits per heavy atom. The summed E-state index contributed by atoms with van der Waals surface area (Å²) in [5.41, 5.74) is 0.300. The third-order valence-corrected chi connectivity index (χ3v) is 3.76. The van der Waals surface area contributed by atoms with Gasteiger partial charge in [0.2, 0.25) is 0 Å². The van der Waals surface area contributed by atoms with Crippen LogP contribution in [0.25, 0.3) is 0 Å². The van der Waals surface area contributed by atoms with Gasteiger partial charge >= 0.3 is 5.97 Å². The second-order valence-corrected chi connectivity index (χ2v) is 5.37. The normalized spacial score (nSPS) is 10.1. The lowest BCUT2D eigenvalue weighted by molar-refractivity contribution is 0.0697. The number of hydrogen-bond donors (Lipinski definition) is 1. The van der Waals surface area contributed by atoms with Crippen molar-refractivity contribution in [2.24, 2.45) is 0 Å². The largest absolute Gasteiger partial charge is 0.497 e. The van der Waals surface area contributed by atoms with Crippen LogP contribution in [0.3, 0.4) is 0 Å². The molecule has 2 rings (SSSR count). The quantitative estimate of drug-likeness (QED) is 0.626. The Kier molecular flexibility index (Phi) is 5.51. The van der Waals surface area contributed by atoms with E-state index >= 15 is 0 Å². The molecular weight excluding hydrogens is 288 g/mol. The molecule has 0 bridgehead atoms. The summed E-state index contributed by atoms with van der Waals surface area (Å²) in [6.07, 6.45) is 0. The fourth-order valence-corrected chi connectivity index (χ4v) is 2.42. The van der Waals surface area contributed by atoms with Crippen molar-refractivity contribution < 1.29 is 19.4 Å². The van der Waals surface area contributed by atoms with Gasteiger partial charge in [-0.05, 0) is 48.5 Å². The number of methoxy groups -OCH3 is 1. The fraction of sp³-hybridized carbons (Fsp3) is 0.188. The highest BCUT2D eigenvalue weighted by atomic mass is 32.2. The van der Waals surface area contributed by atoms with Crippen LogP contribution in [0.4, 0.5) is 0 Å². The van der Waals surface area contributed by atoms with Gasteiger partial charge in [-0.15, -0.1) is 11.8 Å². The van der Waals surface area contributed by atoms with E-state index in [2.05, 4.69) is 0 Å². The fourth-order valence-electron chi connectivity index (χ4n) is 1.68. The lowest BCUT2D eigenvalue weighted by Gasteiger charge is -2.07. The van der Waals surface area contributed by atoms with Crippen LogP contribution in [0.15, 0.2) is 53.4 Å². The first-order chi connectivity index (χ1) is 10.2. The summed E-state index contributed by atoms with van der Waals surface area (Å²) in [6.45, 7) is 0.581. The second-order valence-electron chi connectivity index (χ2n) is 4.20. The van der Waals surface area contributed by atoms with Gasteiger partial charge < -0.3 is 14.6 Å². The second kappa shape index (κ2) is 7.59. The summed E-state index contributed by atoms with van der Waals surface area (Å²) < 4.78 is 10.7. The van der Waals surface area contributed by atoms with Crippen molar-refractivity contribution in [3.63, 3.8) is 0 Å². The van der Waals surface area contributed by atoms with Crippen LogP contribution in [0.5, 0.6) is 11.5 Å². The average molecular weight is 304 g/mol. The molecule has 0 spiro atoms. The predicted octanol–water partition coefficient (Wildman–Crippen LogP) is 3.56. The maximum absolute atomic E-state index is 10.7. The van der Waals surface area contributed by atoms with E-state index in [1.54, 1.807) is 31.0 Å². The summed E-state index contributed by atoms with van der Waals surface area (Å²) in [6, 6.07) is 14.3. The zero-order chi connectivity index (χ0) is 15.1. The molecule has 0 aliphatic rings. The van der Waals surface area contributed by atoms with Crippen molar-refractivity contribution in [2.75, 3.05) is 19.5 Å². The molecule has 0 aliphatic heterocycles. The topological polar surface area (TPSA) is 55.8 Å². The standard InChI is InChI=1S/C16H16O4S/c1-19-13-4-6-14(7-5-13)20-10-11-21-15-8-2-12(3-9-15)16(17)18/h2-9H,10-11H2,1H3,(H,17,18). The molecule has 21 heavy (non-hydrogen) atoms. The first kappa shape index (κ1) is 15.3. The van der Waals surface area contributed by atoms with Crippen molar-refractivity contribution in [1.29, 1.82) is 0 Å². The molecule has 0 radical (unpaired) electrons. The molecule has 2 aromatic rings. The Balaban J connectivity index is 1.74. The number of carboxylic acid groups (broad SMARTS) is 1. The van der Waals surface area contributed by atoms with Crippen molar-refractivity contribution in [1.82, 2.24) is 0 Å². The molecule has 0 amide bonds. The molecule has 0 atom stereocenters. The third-order valence-electron chi connectivity index (χ3n) is 2.78. The van der Waals surface area contributed by atoms with E-state index in [-0.39, 0.29) is 0 Å². The third kappa shape index (κ3) is 4.72. The Morgan fingerprint density at radius 2 is 1.67 bits per heavy atom. The highest BCUT2D eigenvalue weighted by molar-refractivity contribution is 7.99. The van der Waals surface area contributed by atoms with Crippen LogP contribution in [0, 0.1) is 0 Å². The van der Waals surface area contributed by atoms with Crippen molar-refractivity contribution in [2.45, 2.75) is 4.90 Å². The van der Waals surface area contributed by atoms with E-state index in [4.69, 9.17) is 14.6 Å². The van der Waals surface area contributed by atoms with Gasteiger partial charge in [0.05, 0.1) is 19.3 Å². The Hall–Kier alpha value is -2.14. The van der Waals surface area contributed by atoms with E-state index in [9.17, 15) is 4.79 Å². The molecule has 0 fully saturated rings.